The summed E-state index contributed by atoms with van der Waals surface area (Å²) in [6.07, 6.45) is 2.10. The number of aromatic carboxylic acids is 1. The maximum absolute atomic E-state index is 12.5. The van der Waals surface area contributed by atoms with Crippen LogP contribution in [0.25, 0.3) is 11.1 Å². The Morgan fingerprint density at radius 1 is 1.04 bits per heavy atom. The summed E-state index contributed by atoms with van der Waals surface area (Å²) < 4.78 is 0. The van der Waals surface area contributed by atoms with Crippen molar-refractivity contribution in [3.63, 3.8) is 0 Å². The number of carbonyl (C=O) groups is 2. The number of amides is 1. The smallest absolute Gasteiger partial charge is 0.336 e. The van der Waals surface area contributed by atoms with Crippen molar-refractivity contribution in [2.75, 3.05) is 13.1 Å². The summed E-state index contributed by atoms with van der Waals surface area (Å²) in [5, 5.41) is 9.48. The van der Waals surface area contributed by atoms with E-state index in [9.17, 15) is 14.7 Å². The summed E-state index contributed by atoms with van der Waals surface area (Å²) in [5.74, 6) is -0.928. The molecule has 2 aromatic carbocycles. The first-order valence-electron chi connectivity index (χ1n) is 7.80. The predicted molar refractivity (Wildman–Crippen MR) is 88.7 cm³/mol. The van der Waals surface area contributed by atoms with Gasteiger partial charge in [-0.2, -0.15) is 0 Å². The fourth-order valence-corrected chi connectivity index (χ4v) is 3.11. The number of nitrogens with zero attached hydrogens (tertiary/aromatic N) is 1. The second-order valence-electron chi connectivity index (χ2n) is 5.88. The Balaban J connectivity index is 2.02. The molecule has 3 rings (SSSR count). The molecule has 1 amide bonds. The first kappa shape index (κ1) is 15.3. The van der Waals surface area contributed by atoms with Crippen LogP contribution in [0.2, 0.25) is 0 Å². The number of aryl methyl sites for hydroxylation is 1. The average molecular weight is 309 g/mol. The van der Waals surface area contributed by atoms with E-state index in [0.29, 0.717) is 22.3 Å². The molecule has 118 valence electrons. The second kappa shape index (κ2) is 6.24. The summed E-state index contributed by atoms with van der Waals surface area (Å²) >= 11 is 0. The highest BCUT2D eigenvalue weighted by Gasteiger charge is 2.20. The lowest BCUT2D eigenvalue weighted by Gasteiger charge is -2.16. The minimum Gasteiger partial charge on any atom is -0.478 e. The van der Waals surface area contributed by atoms with Gasteiger partial charge in [0, 0.05) is 18.7 Å². The van der Waals surface area contributed by atoms with Crippen molar-refractivity contribution in [1.29, 1.82) is 0 Å². The van der Waals surface area contributed by atoms with Crippen molar-refractivity contribution in [2.24, 2.45) is 0 Å². The Hall–Kier alpha value is -2.62. The van der Waals surface area contributed by atoms with Crippen LogP contribution in [-0.4, -0.2) is 35.0 Å². The molecule has 4 nitrogen and oxygen atoms in total. The second-order valence-corrected chi connectivity index (χ2v) is 5.88. The number of carboxylic acid groups (broad SMARTS) is 1. The predicted octanol–water partition coefficient (Wildman–Crippen LogP) is 3.60. The number of likely N-dealkylation sites (tertiary alicyclic amines) is 1. The van der Waals surface area contributed by atoms with Crippen LogP contribution in [-0.2, 0) is 0 Å². The zero-order valence-electron chi connectivity index (χ0n) is 13.1. The molecular formula is C19H19NO3. The molecule has 1 heterocycles. The van der Waals surface area contributed by atoms with Gasteiger partial charge in [-0.3, -0.25) is 4.79 Å². The zero-order chi connectivity index (χ0) is 16.4. The lowest BCUT2D eigenvalue weighted by atomic mass is 9.95. The van der Waals surface area contributed by atoms with E-state index in [2.05, 4.69) is 0 Å². The highest BCUT2D eigenvalue weighted by molar-refractivity contribution is 5.99. The highest BCUT2D eigenvalue weighted by Crippen LogP contribution is 2.27. The first-order chi connectivity index (χ1) is 11.1. The van der Waals surface area contributed by atoms with Gasteiger partial charge < -0.3 is 10.0 Å². The van der Waals surface area contributed by atoms with Gasteiger partial charge in [-0.05, 0) is 48.6 Å². The molecule has 1 N–H and O–H groups in total. The van der Waals surface area contributed by atoms with E-state index in [0.717, 1.165) is 31.5 Å². The van der Waals surface area contributed by atoms with Crippen molar-refractivity contribution in [2.45, 2.75) is 19.8 Å². The molecule has 1 aliphatic heterocycles. The Morgan fingerprint density at radius 3 is 2.43 bits per heavy atom. The van der Waals surface area contributed by atoms with Crippen LogP contribution < -0.4 is 0 Å². The molecule has 0 aromatic heterocycles. The topological polar surface area (TPSA) is 57.6 Å². The summed E-state index contributed by atoms with van der Waals surface area (Å²) in [5.41, 5.74) is 3.02. The number of rotatable bonds is 3. The summed E-state index contributed by atoms with van der Waals surface area (Å²) in [7, 11) is 0. The molecular weight excluding hydrogens is 290 g/mol. The van der Waals surface area contributed by atoms with Gasteiger partial charge in [0.1, 0.15) is 0 Å². The van der Waals surface area contributed by atoms with Crippen LogP contribution in [0, 0.1) is 6.92 Å². The van der Waals surface area contributed by atoms with Gasteiger partial charge >= 0.3 is 5.97 Å². The van der Waals surface area contributed by atoms with E-state index < -0.39 is 5.97 Å². The third-order valence-electron chi connectivity index (χ3n) is 4.30. The summed E-state index contributed by atoms with van der Waals surface area (Å²) in [6.45, 7) is 3.38. The Morgan fingerprint density at radius 2 is 1.74 bits per heavy atom. The van der Waals surface area contributed by atoms with Gasteiger partial charge in [-0.25, -0.2) is 4.79 Å². The molecule has 2 aromatic rings. The molecule has 0 saturated carbocycles. The number of carboxylic acids is 1. The van der Waals surface area contributed by atoms with Crippen molar-refractivity contribution in [3.8, 4) is 11.1 Å². The zero-order valence-corrected chi connectivity index (χ0v) is 13.1. The van der Waals surface area contributed by atoms with Gasteiger partial charge in [0.05, 0.1) is 5.56 Å². The van der Waals surface area contributed by atoms with Crippen LogP contribution >= 0.6 is 0 Å². The van der Waals surface area contributed by atoms with E-state index in [1.165, 1.54) is 0 Å². The van der Waals surface area contributed by atoms with Gasteiger partial charge in [0.2, 0.25) is 0 Å². The minimum atomic E-state index is -0.950. The number of carbonyl (C=O) groups excluding carboxylic acids is 1. The molecule has 0 radical (unpaired) electrons. The molecule has 1 aliphatic rings. The van der Waals surface area contributed by atoms with Gasteiger partial charge in [0.15, 0.2) is 0 Å². The number of hydrogen-bond acceptors (Lipinski definition) is 2. The third-order valence-corrected chi connectivity index (χ3v) is 4.30. The van der Waals surface area contributed by atoms with Crippen LogP contribution in [0.15, 0.2) is 42.5 Å². The first-order valence-corrected chi connectivity index (χ1v) is 7.80. The minimum absolute atomic E-state index is 0.0221. The van der Waals surface area contributed by atoms with E-state index in [1.807, 2.05) is 23.1 Å². The van der Waals surface area contributed by atoms with Crippen molar-refractivity contribution in [1.82, 2.24) is 4.90 Å². The Kier molecular flexibility index (Phi) is 4.15. The van der Waals surface area contributed by atoms with Crippen LogP contribution in [0.3, 0.4) is 0 Å². The highest BCUT2D eigenvalue weighted by atomic mass is 16.4. The molecule has 4 heteroatoms. The van der Waals surface area contributed by atoms with E-state index in [1.54, 1.807) is 31.2 Å². The Labute approximate surface area is 135 Å². The maximum atomic E-state index is 12.5. The fraction of sp³-hybridized carbons (Fsp3) is 0.263. The summed E-state index contributed by atoms with van der Waals surface area (Å²) in [6, 6.07) is 12.7. The monoisotopic (exact) mass is 309 g/mol. The van der Waals surface area contributed by atoms with Crippen molar-refractivity contribution < 1.29 is 14.7 Å². The molecule has 0 aliphatic carbocycles. The molecule has 0 spiro atoms. The van der Waals surface area contributed by atoms with E-state index in [4.69, 9.17) is 0 Å². The number of benzene rings is 2. The number of hydrogen-bond donors (Lipinski definition) is 1. The lowest BCUT2D eigenvalue weighted by molar-refractivity contribution is 0.0696. The largest absolute Gasteiger partial charge is 0.478 e. The molecule has 0 bridgehead atoms. The molecule has 23 heavy (non-hydrogen) atoms. The quantitative estimate of drug-likeness (QED) is 0.942. The van der Waals surface area contributed by atoms with Crippen molar-refractivity contribution in [3.05, 3.63) is 59.2 Å². The van der Waals surface area contributed by atoms with Crippen LogP contribution in [0.5, 0.6) is 0 Å². The van der Waals surface area contributed by atoms with E-state index in [-0.39, 0.29) is 5.91 Å². The molecule has 0 atom stereocenters. The van der Waals surface area contributed by atoms with Crippen molar-refractivity contribution >= 4 is 11.9 Å². The van der Waals surface area contributed by atoms with Crippen LogP contribution in [0.4, 0.5) is 0 Å². The molecule has 0 unspecified atom stereocenters. The normalized spacial score (nSPS) is 14.0. The maximum Gasteiger partial charge on any atom is 0.336 e. The van der Waals surface area contributed by atoms with Gasteiger partial charge in [0.25, 0.3) is 5.91 Å². The Bertz CT molecular complexity index is 761. The van der Waals surface area contributed by atoms with Gasteiger partial charge in [-0.1, -0.05) is 30.3 Å². The SMILES string of the molecule is Cc1cccc(-c2cccc(C(=O)N3CCCC3)c2)c1C(=O)O. The van der Waals surface area contributed by atoms with Gasteiger partial charge in [-0.15, -0.1) is 0 Å². The lowest BCUT2D eigenvalue weighted by Crippen LogP contribution is -2.27. The third kappa shape index (κ3) is 2.97. The summed E-state index contributed by atoms with van der Waals surface area (Å²) in [4.78, 5) is 25.9. The average Bonchev–Trinajstić information content (AvgIpc) is 3.08. The van der Waals surface area contributed by atoms with E-state index >= 15 is 0 Å². The fourth-order valence-electron chi connectivity index (χ4n) is 3.11. The molecule has 1 fully saturated rings. The van der Waals surface area contributed by atoms with Crippen LogP contribution in [0.1, 0.15) is 39.1 Å². The standard InChI is InChI=1S/C19H19NO3/c1-13-6-4-9-16(17(13)19(22)23)14-7-5-8-15(12-14)18(21)20-10-2-3-11-20/h4-9,12H,2-3,10-11H2,1H3,(H,22,23). The molecule has 1 saturated heterocycles.